The molecule has 0 radical (unpaired) electrons. The number of rotatable bonds is 8. The van der Waals surface area contributed by atoms with Crippen LogP contribution in [0, 0.1) is 0 Å². The van der Waals surface area contributed by atoms with Gasteiger partial charge in [-0.25, -0.2) is 0 Å². The predicted molar refractivity (Wildman–Crippen MR) is 91.5 cm³/mol. The van der Waals surface area contributed by atoms with E-state index in [1.54, 1.807) is 12.1 Å². The highest BCUT2D eigenvalue weighted by atomic mass is 32.2. The molecular formula is C17H24F2N2O2S. The van der Waals surface area contributed by atoms with E-state index in [2.05, 4.69) is 4.90 Å². The minimum Gasteiger partial charge on any atom is -0.480 e. The first-order chi connectivity index (χ1) is 11.5. The van der Waals surface area contributed by atoms with Crippen LogP contribution in [0.2, 0.25) is 0 Å². The molecule has 4 nitrogen and oxygen atoms in total. The van der Waals surface area contributed by atoms with Crippen molar-refractivity contribution in [2.45, 2.75) is 43.0 Å². The summed E-state index contributed by atoms with van der Waals surface area (Å²) in [6, 6.07) is 7.61. The van der Waals surface area contributed by atoms with Crippen LogP contribution in [0.3, 0.4) is 0 Å². The number of carboxylic acid groups (broad SMARTS) is 1. The van der Waals surface area contributed by atoms with E-state index in [0.29, 0.717) is 22.7 Å². The minimum absolute atomic E-state index is 0.102. The molecule has 1 aliphatic rings. The van der Waals surface area contributed by atoms with Gasteiger partial charge in [0.05, 0.1) is 6.54 Å². The normalized spacial score (nSPS) is 16.9. The molecule has 0 bridgehead atoms. The molecule has 2 rings (SSSR count). The van der Waals surface area contributed by atoms with Gasteiger partial charge in [0.2, 0.25) is 0 Å². The second kappa shape index (κ2) is 9.34. The summed E-state index contributed by atoms with van der Waals surface area (Å²) in [7, 11) is 0. The molecule has 1 aromatic carbocycles. The fourth-order valence-electron chi connectivity index (χ4n) is 3.15. The van der Waals surface area contributed by atoms with Crippen molar-refractivity contribution in [3.63, 3.8) is 0 Å². The molecule has 134 valence electrons. The van der Waals surface area contributed by atoms with Gasteiger partial charge in [-0.1, -0.05) is 30.8 Å². The van der Waals surface area contributed by atoms with Gasteiger partial charge in [0.15, 0.2) is 0 Å². The molecule has 0 atom stereocenters. The highest BCUT2D eigenvalue weighted by Crippen LogP contribution is 2.26. The molecule has 0 unspecified atom stereocenters. The van der Waals surface area contributed by atoms with Gasteiger partial charge in [0.25, 0.3) is 5.76 Å². The van der Waals surface area contributed by atoms with Gasteiger partial charge in [0, 0.05) is 17.5 Å². The lowest BCUT2D eigenvalue weighted by molar-refractivity contribution is -0.139. The Morgan fingerprint density at radius 3 is 2.46 bits per heavy atom. The lowest BCUT2D eigenvalue weighted by Crippen LogP contribution is -2.46. The smallest absolute Gasteiger partial charge is 0.317 e. The third-order valence-electron chi connectivity index (χ3n) is 4.37. The maximum atomic E-state index is 12.3. The van der Waals surface area contributed by atoms with Gasteiger partial charge in [-0.3, -0.25) is 14.6 Å². The topological polar surface area (TPSA) is 43.8 Å². The molecular weight excluding hydrogens is 334 g/mol. The number of likely N-dealkylation sites (tertiary alicyclic amines) is 1. The molecule has 0 aromatic heterocycles. The van der Waals surface area contributed by atoms with Gasteiger partial charge >= 0.3 is 5.97 Å². The Morgan fingerprint density at radius 2 is 1.96 bits per heavy atom. The number of hydrogen-bond acceptors (Lipinski definition) is 4. The molecule has 0 saturated carbocycles. The second-order valence-corrected chi connectivity index (χ2v) is 7.05. The number of piperidine rings is 1. The van der Waals surface area contributed by atoms with Gasteiger partial charge in [-0.15, -0.1) is 0 Å². The summed E-state index contributed by atoms with van der Waals surface area (Å²) in [6.07, 6.45) is 1.92. The molecule has 1 aliphatic heterocycles. The largest absolute Gasteiger partial charge is 0.480 e. The van der Waals surface area contributed by atoms with Crippen LogP contribution in [0.5, 0.6) is 0 Å². The second-order valence-electron chi connectivity index (χ2n) is 5.99. The summed E-state index contributed by atoms with van der Waals surface area (Å²) < 4.78 is 24.6. The first-order valence-corrected chi connectivity index (χ1v) is 9.08. The van der Waals surface area contributed by atoms with Crippen molar-refractivity contribution in [3.05, 3.63) is 29.8 Å². The summed E-state index contributed by atoms with van der Waals surface area (Å²) >= 11 is 0.564. The number of carbonyl (C=O) groups is 1. The van der Waals surface area contributed by atoms with Crippen LogP contribution >= 0.6 is 11.8 Å². The molecule has 0 amide bonds. The van der Waals surface area contributed by atoms with Crippen LogP contribution in [-0.4, -0.2) is 58.9 Å². The van der Waals surface area contributed by atoms with Crippen LogP contribution < -0.4 is 0 Å². The van der Waals surface area contributed by atoms with E-state index >= 15 is 0 Å². The summed E-state index contributed by atoms with van der Waals surface area (Å²) in [5, 5.41) is 8.97. The minimum atomic E-state index is -2.39. The van der Waals surface area contributed by atoms with Crippen molar-refractivity contribution in [1.29, 1.82) is 0 Å². The van der Waals surface area contributed by atoms with Crippen molar-refractivity contribution < 1.29 is 18.7 Å². The number of carboxylic acids is 1. The van der Waals surface area contributed by atoms with Gasteiger partial charge < -0.3 is 5.11 Å². The average Bonchev–Trinajstić information content (AvgIpc) is 2.54. The number of aliphatic carboxylic acids is 1. The van der Waals surface area contributed by atoms with Gasteiger partial charge in [0.1, 0.15) is 0 Å². The van der Waals surface area contributed by atoms with E-state index in [4.69, 9.17) is 5.11 Å². The summed E-state index contributed by atoms with van der Waals surface area (Å²) in [5.41, 5.74) is 1.12. The zero-order valence-corrected chi connectivity index (χ0v) is 14.6. The van der Waals surface area contributed by atoms with E-state index in [9.17, 15) is 13.6 Å². The maximum Gasteiger partial charge on any atom is 0.317 e. The van der Waals surface area contributed by atoms with Gasteiger partial charge in [-0.05, 0) is 50.2 Å². The number of halogens is 2. The summed E-state index contributed by atoms with van der Waals surface area (Å²) in [4.78, 5) is 15.9. The van der Waals surface area contributed by atoms with E-state index in [0.717, 1.165) is 44.6 Å². The van der Waals surface area contributed by atoms with Crippen LogP contribution in [-0.2, 0) is 11.3 Å². The Labute approximate surface area is 145 Å². The van der Waals surface area contributed by atoms with Gasteiger partial charge in [-0.2, -0.15) is 8.78 Å². The Kier molecular flexibility index (Phi) is 7.45. The van der Waals surface area contributed by atoms with Crippen LogP contribution in [0.4, 0.5) is 8.78 Å². The molecule has 1 saturated heterocycles. The lowest BCUT2D eigenvalue weighted by atomic mass is 10.0. The first kappa shape index (κ1) is 19.1. The van der Waals surface area contributed by atoms with Crippen molar-refractivity contribution in [3.8, 4) is 0 Å². The maximum absolute atomic E-state index is 12.3. The Balaban J connectivity index is 1.81. The first-order valence-electron chi connectivity index (χ1n) is 8.20. The fourth-order valence-corrected chi connectivity index (χ4v) is 3.65. The van der Waals surface area contributed by atoms with Crippen molar-refractivity contribution in [1.82, 2.24) is 9.80 Å². The quantitative estimate of drug-likeness (QED) is 0.722. The highest BCUT2D eigenvalue weighted by molar-refractivity contribution is 7.99. The molecule has 1 fully saturated rings. The van der Waals surface area contributed by atoms with E-state index in [1.807, 2.05) is 24.0 Å². The number of thioether (sulfide) groups is 1. The zero-order chi connectivity index (χ0) is 17.5. The monoisotopic (exact) mass is 358 g/mol. The molecule has 1 heterocycles. The lowest BCUT2D eigenvalue weighted by Gasteiger charge is -2.37. The van der Waals surface area contributed by atoms with Crippen LogP contribution in [0.15, 0.2) is 29.2 Å². The number of benzene rings is 1. The van der Waals surface area contributed by atoms with Crippen molar-refractivity contribution >= 4 is 17.7 Å². The number of alkyl halides is 2. The average molecular weight is 358 g/mol. The number of nitrogens with zero attached hydrogens (tertiary/aromatic N) is 2. The fraction of sp³-hybridized carbons (Fsp3) is 0.588. The van der Waals surface area contributed by atoms with Crippen LogP contribution in [0.1, 0.15) is 25.3 Å². The third-order valence-corrected chi connectivity index (χ3v) is 5.10. The Hall–Kier alpha value is -1.18. The molecule has 0 aliphatic carbocycles. The van der Waals surface area contributed by atoms with E-state index < -0.39 is 11.7 Å². The zero-order valence-electron chi connectivity index (χ0n) is 13.8. The molecule has 24 heavy (non-hydrogen) atoms. The standard InChI is InChI=1S/C17H24F2N2O2S/c1-2-21(12-16(22)23)14-7-9-20(10-8-14)11-13-3-5-15(6-4-13)24-17(18)19/h3-6,14,17H,2,7-12H2,1H3,(H,22,23). The molecule has 7 heteroatoms. The van der Waals surface area contributed by atoms with E-state index in [-0.39, 0.29) is 6.54 Å². The van der Waals surface area contributed by atoms with E-state index in [1.165, 1.54) is 0 Å². The van der Waals surface area contributed by atoms with Crippen molar-refractivity contribution in [2.24, 2.45) is 0 Å². The highest BCUT2D eigenvalue weighted by Gasteiger charge is 2.24. The van der Waals surface area contributed by atoms with Crippen molar-refractivity contribution in [2.75, 3.05) is 26.2 Å². The summed E-state index contributed by atoms with van der Waals surface area (Å²) in [5.74, 6) is -3.16. The summed E-state index contributed by atoms with van der Waals surface area (Å²) in [6.45, 7) is 5.50. The van der Waals surface area contributed by atoms with Crippen LogP contribution in [0.25, 0.3) is 0 Å². The number of hydrogen-bond donors (Lipinski definition) is 1. The Morgan fingerprint density at radius 1 is 1.33 bits per heavy atom. The third kappa shape index (κ3) is 6.03. The predicted octanol–water partition coefficient (Wildman–Crippen LogP) is 3.37. The molecule has 1 aromatic rings. The molecule has 0 spiro atoms. The Bertz CT molecular complexity index is 520. The molecule has 1 N–H and O–H groups in total. The SMILES string of the molecule is CCN(CC(=O)O)C1CCN(Cc2ccc(SC(F)F)cc2)CC1. The number of likely N-dealkylation sites (N-methyl/N-ethyl adjacent to an activating group) is 1.